The molecule has 0 atom stereocenters. The zero-order valence-electron chi connectivity index (χ0n) is 8.07. The van der Waals surface area contributed by atoms with Crippen molar-refractivity contribution in [3.05, 3.63) is 45.9 Å². The standard InChI is InChI=1S/C11H9NO3/c1-6-9(11(14)15)7-4-2-3-5-8(7)10(13)12-6/h2-5H,1H3,(H,12,13)(H,14,15). The molecule has 0 aliphatic rings. The molecular weight excluding hydrogens is 194 g/mol. The third-order valence-corrected chi connectivity index (χ3v) is 2.33. The first kappa shape index (κ1) is 9.45. The SMILES string of the molecule is Cc1[nH]c(=O)c2ccccc2c1C(=O)O. The van der Waals surface area contributed by atoms with Gasteiger partial charge in [-0.15, -0.1) is 0 Å². The summed E-state index contributed by atoms with van der Waals surface area (Å²) in [5, 5.41) is 9.91. The van der Waals surface area contributed by atoms with Crippen LogP contribution in [0.15, 0.2) is 29.1 Å². The first-order chi connectivity index (χ1) is 7.11. The second-order valence-electron chi connectivity index (χ2n) is 3.30. The maximum Gasteiger partial charge on any atom is 0.338 e. The molecule has 4 nitrogen and oxygen atoms in total. The Morgan fingerprint density at radius 2 is 1.87 bits per heavy atom. The van der Waals surface area contributed by atoms with Gasteiger partial charge >= 0.3 is 5.97 Å². The number of aromatic carboxylic acids is 1. The summed E-state index contributed by atoms with van der Waals surface area (Å²) in [5.74, 6) is -1.03. The molecular formula is C11H9NO3. The quantitative estimate of drug-likeness (QED) is 0.738. The lowest BCUT2D eigenvalue weighted by molar-refractivity contribution is 0.0698. The van der Waals surface area contributed by atoms with Gasteiger partial charge in [-0.3, -0.25) is 4.79 Å². The number of pyridine rings is 1. The molecule has 0 fully saturated rings. The number of aryl methyl sites for hydroxylation is 1. The van der Waals surface area contributed by atoms with Crippen molar-refractivity contribution in [1.29, 1.82) is 0 Å². The van der Waals surface area contributed by atoms with Gasteiger partial charge in [-0.25, -0.2) is 4.79 Å². The van der Waals surface area contributed by atoms with Gasteiger partial charge in [-0.1, -0.05) is 18.2 Å². The van der Waals surface area contributed by atoms with E-state index in [1.165, 1.54) is 0 Å². The molecule has 0 spiro atoms. The van der Waals surface area contributed by atoms with Crippen molar-refractivity contribution in [2.75, 3.05) is 0 Å². The molecule has 0 radical (unpaired) electrons. The first-order valence-electron chi connectivity index (χ1n) is 4.46. The molecule has 4 heteroatoms. The van der Waals surface area contributed by atoms with Crippen LogP contribution in [0, 0.1) is 6.92 Å². The highest BCUT2D eigenvalue weighted by atomic mass is 16.4. The van der Waals surface area contributed by atoms with Crippen LogP contribution in [0.5, 0.6) is 0 Å². The van der Waals surface area contributed by atoms with Gasteiger partial charge in [0.1, 0.15) is 0 Å². The third kappa shape index (κ3) is 1.40. The molecule has 0 saturated carbocycles. The third-order valence-electron chi connectivity index (χ3n) is 2.33. The number of rotatable bonds is 1. The normalized spacial score (nSPS) is 10.5. The Balaban J connectivity index is 3.03. The highest BCUT2D eigenvalue weighted by Crippen LogP contribution is 2.17. The molecule has 1 aromatic carbocycles. The molecule has 76 valence electrons. The van der Waals surface area contributed by atoms with Gasteiger partial charge in [-0.05, 0) is 13.0 Å². The van der Waals surface area contributed by atoms with Crippen LogP contribution in [-0.2, 0) is 0 Å². The van der Waals surface area contributed by atoms with Crippen molar-refractivity contribution in [2.45, 2.75) is 6.92 Å². The van der Waals surface area contributed by atoms with Crippen molar-refractivity contribution < 1.29 is 9.90 Å². The number of carboxylic acids is 1. The average molecular weight is 203 g/mol. The van der Waals surface area contributed by atoms with E-state index in [1.54, 1.807) is 31.2 Å². The molecule has 1 aromatic heterocycles. The number of fused-ring (bicyclic) bond motifs is 1. The van der Waals surface area contributed by atoms with Gasteiger partial charge in [-0.2, -0.15) is 0 Å². The van der Waals surface area contributed by atoms with Crippen LogP contribution >= 0.6 is 0 Å². The van der Waals surface area contributed by atoms with Crippen molar-refractivity contribution >= 4 is 16.7 Å². The van der Waals surface area contributed by atoms with Gasteiger partial charge in [0.2, 0.25) is 0 Å². The van der Waals surface area contributed by atoms with Crippen LogP contribution in [0.4, 0.5) is 0 Å². The maximum absolute atomic E-state index is 11.5. The van der Waals surface area contributed by atoms with Crippen LogP contribution in [0.25, 0.3) is 10.8 Å². The van der Waals surface area contributed by atoms with Crippen LogP contribution in [0.1, 0.15) is 16.1 Å². The van der Waals surface area contributed by atoms with Gasteiger partial charge in [0.05, 0.1) is 5.56 Å². The summed E-state index contributed by atoms with van der Waals surface area (Å²) >= 11 is 0. The Morgan fingerprint density at radius 3 is 2.47 bits per heavy atom. The van der Waals surface area contributed by atoms with Gasteiger partial charge in [0, 0.05) is 16.5 Å². The van der Waals surface area contributed by atoms with E-state index in [0.29, 0.717) is 16.5 Å². The lowest BCUT2D eigenvalue weighted by Crippen LogP contribution is -2.13. The molecule has 2 N–H and O–H groups in total. The molecule has 0 aliphatic carbocycles. The van der Waals surface area contributed by atoms with Gasteiger partial charge in [0.15, 0.2) is 0 Å². The van der Waals surface area contributed by atoms with E-state index in [4.69, 9.17) is 5.11 Å². The predicted molar refractivity (Wildman–Crippen MR) is 56.3 cm³/mol. The minimum absolute atomic E-state index is 0.158. The Morgan fingerprint density at radius 1 is 1.27 bits per heavy atom. The molecule has 0 amide bonds. The molecule has 15 heavy (non-hydrogen) atoms. The number of hydrogen-bond acceptors (Lipinski definition) is 2. The van der Waals surface area contributed by atoms with E-state index in [1.807, 2.05) is 0 Å². The topological polar surface area (TPSA) is 70.2 Å². The smallest absolute Gasteiger partial charge is 0.338 e. The highest BCUT2D eigenvalue weighted by Gasteiger charge is 2.13. The minimum atomic E-state index is -1.03. The molecule has 2 rings (SSSR count). The van der Waals surface area contributed by atoms with E-state index in [-0.39, 0.29) is 11.1 Å². The van der Waals surface area contributed by atoms with E-state index in [2.05, 4.69) is 4.98 Å². The fraction of sp³-hybridized carbons (Fsp3) is 0.0909. The summed E-state index contributed by atoms with van der Waals surface area (Å²) in [7, 11) is 0. The molecule has 0 saturated heterocycles. The van der Waals surface area contributed by atoms with Crippen LogP contribution < -0.4 is 5.56 Å². The summed E-state index contributed by atoms with van der Waals surface area (Å²) in [6, 6.07) is 6.67. The number of aromatic nitrogens is 1. The Bertz CT molecular complexity index is 598. The second kappa shape index (κ2) is 3.24. The largest absolute Gasteiger partial charge is 0.478 e. The monoisotopic (exact) mass is 203 g/mol. The number of benzene rings is 1. The Labute approximate surface area is 85.2 Å². The predicted octanol–water partition coefficient (Wildman–Crippen LogP) is 1.53. The second-order valence-corrected chi connectivity index (χ2v) is 3.30. The number of hydrogen-bond donors (Lipinski definition) is 2. The van der Waals surface area contributed by atoms with E-state index in [0.717, 1.165) is 0 Å². The van der Waals surface area contributed by atoms with Crippen molar-refractivity contribution in [2.24, 2.45) is 0 Å². The Hall–Kier alpha value is -2.10. The zero-order chi connectivity index (χ0) is 11.0. The summed E-state index contributed by atoms with van der Waals surface area (Å²) < 4.78 is 0. The summed E-state index contributed by atoms with van der Waals surface area (Å²) in [5.41, 5.74) is 0.282. The van der Waals surface area contributed by atoms with E-state index < -0.39 is 5.97 Å². The fourth-order valence-corrected chi connectivity index (χ4v) is 1.68. The Kier molecular flexibility index (Phi) is 2.04. The van der Waals surface area contributed by atoms with Gasteiger partial charge in [0.25, 0.3) is 5.56 Å². The van der Waals surface area contributed by atoms with E-state index in [9.17, 15) is 9.59 Å². The number of nitrogens with one attached hydrogen (secondary N) is 1. The minimum Gasteiger partial charge on any atom is -0.478 e. The number of carbonyl (C=O) groups is 1. The summed E-state index contributed by atoms with van der Waals surface area (Å²) in [6.07, 6.45) is 0. The molecule has 0 unspecified atom stereocenters. The molecule has 2 aromatic rings. The highest BCUT2D eigenvalue weighted by molar-refractivity contribution is 6.04. The van der Waals surface area contributed by atoms with Crippen molar-refractivity contribution in [3.63, 3.8) is 0 Å². The summed E-state index contributed by atoms with van der Waals surface area (Å²) in [4.78, 5) is 25.1. The molecule has 0 bridgehead atoms. The molecule has 0 aliphatic heterocycles. The molecule has 1 heterocycles. The summed E-state index contributed by atoms with van der Waals surface area (Å²) in [6.45, 7) is 1.58. The van der Waals surface area contributed by atoms with Crippen molar-refractivity contribution in [1.82, 2.24) is 4.98 Å². The van der Waals surface area contributed by atoms with Crippen LogP contribution in [0.3, 0.4) is 0 Å². The van der Waals surface area contributed by atoms with Crippen LogP contribution in [-0.4, -0.2) is 16.1 Å². The van der Waals surface area contributed by atoms with Gasteiger partial charge < -0.3 is 10.1 Å². The lowest BCUT2D eigenvalue weighted by Gasteiger charge is -2.04. The zero-order valence-corrected chi connectivity index (χ0v) is 8.07. The lowest BCUT2D eigenvalue weighted by atomic mass is 10.1. The number of aromatic amines is 1. The average Bonchev–Trinajstić information content (AvgIpc) is 2.17. The van der Waals surface area contributed by atoms with Crippen LogP contribution in [0.2, 0.25) is 0 Å². The fourth-order valence-electron chi connectivity index (χ4n) is 1.68. The van der Waals surface area contributed by atoms with E-state index >= 15 is 0 Å². The van der Waals surface area contributed by atoms with Crippen molar-refractivity contribution in [3.8, 4) is 0 Å². The number of carboxylic acid groups (broad SMARTS) is 1. The first-order valence-corrected chi connectivity index (χ1v) is 4.46. The number of H-pyrrole nitrogens is 1. The maximum atomic E-state index is 11.5.